The third-order valence-electron chi connectivity index (χ3n) is 3.02. The molecule has 1 atom stereocenters. The van der Waals surface area contributed by atoms with E-state index < -0.39 is 0 Å². The Labute approximate surface area is 118 Å². The zero-order valence-electron chi connectivity index (χ0n) is 10.7. The van der Waals surface area contributed by atoms with Gasteiger partial charge in [0.1, 0.15) is 0 Å². The molecule has 0 amide bonds. The topological polar surface area (TPSA) is 35.2 Å². The molecule has 0 aromatic heterocycles. The van der Waals surface area contributed by atoms with Crippen LogP contribution >= 0.6 is 23.4 Å². The third-order valence-corrected chi connectivity index (χ3v) is 4.86. The number of hydrogen-bond donors (Lipinski definition) is 1. The summed E-state index contributed by atoms with van der Waals surface area (Å²) in [5.41, 5.74) is 7.01. The molecular weight excluding hydrogens is 266 g/mol. The maximum absolute atomic E-state index is 6.34. The van der Waals surface area contributed by atoms with Gasteiger partial charge in [-0.25, -0.2) is 0 Å². The average molecular weight is 286 g/mol. The molecule has 18 heavy (non-hydrogen) atoms. The van der Waals surface area contributed by atoms with E-state index in [9.17, 15) is 0 Å². The summed E-state index contributed by atoms with van der Waals surface area (Å²) in [6.45, 7) is 3.76. The van der Waals surface area contributed by atoms with Crippen LogP contribution < -0.4 is 5.73 Å². The van der Waals surface area contributed by atoms with Gasteiger partial charge in [0, 0.05) is 29.4 Å². The maximum atomic E-state index is 6.34. The van der Waals surface area contributed by atoms with Crippen LogP contribution in [0.3, 0.4) is 0 Å². The highest BCUT2D eigenvalue weighted by Crippen LogP contribution is 2.35. The van der Waals surface area contributed by atoms with Crippen molar-refractivity contribution in [2.24, 2.45) is 5.73 Å². The first kappa shape index (κ1) is 14.2. The SMILES string of the molecule is CC(N)Cc1ccc(SC2CCOCC2)c(Cl)c1. The molecule has 0 saturated carbocycles. The molecule has 0 spiro atoms. The van der Waals surface area contributed by atoms with Crippen LogP contribution in [-0.2, 0) is 11.2 Å². The number of ether oxygens (including phenoxy) is 1. The van der Waals surface area contributed by atoms with E-state index in [4.69, 9.17) is 22.1 Å². The van der Waals surface area contributed by atoms with Crippen molar-refractivity contribution in [1.82, 2.24) is 0 Å². The third kappa shape index (κ3) is 4.16. The molecule has 2 N–H and O–H groups in total. The van der Waals surface area contributed by atoms with Crippen LogP contribution in [-0.4, -0.2) is 24.5 Å². The smallest absolute Gasteiger partial charge is 0.0544 e. The minimum absolute atomic E-state index is 0.176. The van der Waals surface area contributed by atoms with Crippen molar-refractivity contribution in [3.8, 4) is 0 Å². The minimum atomic E-state index is 0.176. The van der Waals surface area contributed by atoms with Crippen LogP contribution in [0.4, 0.5) is 0 Å². The van der Waals surface area contributed by atoms with Gasteiger partial charge in [0.25, 0.3) is 0 Å². The highest BCUT2D eigenvalue weighted by atomic mass is 35.5. The van der Waals surface area contributed by atoms with E-state index in [1.54, 1.807) is 0 Å². The lowest BCUT2D eigenvalue weighted by Gasteiger charge is -2.22. The van der Waals surface area contributed by atoms with Gasteiger partial charge in [-0.15, -0.1) is 11.8 Å². The van der Waals surface area contributed by atoms with Crippen LogP contribution in [0.2, 0.25) is 5.02 Å². The number of rotatable bonds is 4. The van der Waals surface area contributed by atoms with E-state index in [0.29, 0.717) is 5.25 Å². The molecule has 1 aliphatic heterocycles. The van der Waals surface area contributed by atoms with Gasteiger partial charge in [0.2, 0.25) is 0 Å². The van der Waals surface area contributed by atoms with Gasteiger partial charge in [-0.1, -0.05) is 17.7 Å². The number of benzene rings is 1. The van der Waals surface area contributed by atoms with Gasteiger partial charge in [0.05, 0.1) is 5.02 Å². The molecule has 1 saturated heterocycles. The maximum Gasteiger partial charge on any atom is 0.0544 e. The lowest BCUT2D eigenvalue weighted by molar-refractivity contribution is 0.100. The summed E-state index contributed by atoms with van der Waals surface area (Å²) in [5.74, 6) is 0. The Balaban J connectivity index is 2.00. The Hall–Kier alpha value is -0.220. The zero-order valence-corrected chi connectivity index (χ0v) is 12.3. The summed E-state index contributed by atoms with van der Waals surface area (Å²) in [6.07, 6.45) is 3.10. The van der Waals surface area contributed by atoms with Gasteiger partial charge in [-0.2, -0.15) is 0 Å². The van der Waals surface area contributed by atoms with Crippen molar-refractivity contribution in [1.29, 1.82) is 0 Å². The quantitative estimate of drug-likeness (QED) is 0.920. The Morgan fingerprint density at radius 1 is 1.44 bits per heavy atom. The van der Waals surface area contributed by atoms with E-state index in [0.717, 1.165) is 37.5 Å². The predicted octanol–water partition coefficient (Wildman–Crippen LogP) is 3.50. The van der Waals surface area contributed by atoms with E-state index in [1.807, 2.05) is 24.8 Å². The van der Waals surface area contributed by atoms with Crippen LogP contribution in [0.15, 0.2) is 23.1 Å². The minimum Gasteiger partial charge on any atom is -0.381 e. The van der Waals surface area contributed by atoms with Gasteiger partial charge >= 0.3 is 0 Å². The second-order valence-corrected chi connectivity index (χ2v) is 6.63. The molecule has 2 rings (SSSR count). The molecule has 100 valence electrons. The van der Waals surface area contributed by atoms with Crippen LogP contribution in [0, 0.1) is 0 Å². The zero-order chi connectivity index (χ0) is 13.0. The molecule has 1 fully saturated rings. The lowest BCUT2D eigenvalue weighted by atomic mass is 10.1. The van der Waals surface area contributed by atoms with Crippen LogP contribution in [0.25, 0.3) is 0 Å². The van der Waals surface area contributed by atoms with Gasteiger partial charge < -0.3 is 10.5 Å². The predicted molar refractivity (Wildman–Crippen MR) is 78.5 cm³/mol. The molecular formula is C14H20ClNOS. The molecule has 1 aliphatic rings. The molecule has 1 aromatic rings. The van der Waals surface area contributed by atoms with Crippen LogP contribution in [0.1, 0.15) is 25.3 Å². The molecule has 2 nitrogen and oxygen atoms in total. The van der Waals surface area contributed by atoms with Crippen molar-refractivity contribution in [3.05, 3.63) is 28.8 Å². The summed E-state index contributed by atoms with van der Waals surface area (Å²) in [6, 6.07) is 6.49. The fourth-order valence-corrected chi connectivity index (χ4v) is 3.55. The number of hydrogen-bond acceptors (Lipinski definition) is 3. The van der Waals surface area contributed by atoms with Gasteiger partial charge in [-0.3, -0.25) is 0 Å². The van der Waals surface area contributed by atoms with E-state index in [1.165, 1.54) is 10.5 Å². The molecule has 0 radical (unpaired) electrons. The van der Waals surface area contributed by atoms with E-state index in [-0.39, 0.29) is 6.04 Å². The fraction of sp³-hybridized carbons (Fsp3) is 0.571. The Bertz CT molecular complexity index is 391. The largest absolute Gasteiger partial charge is 0.381 e. The first-order valence-corrected chi connectivity index (χ1v) is 7.69. The van der Waals surface area contributed by atoms with Crippen molar-refractivity contribution in [3.63, 3.8) is 0 Å². The summed E-state index contributed by atoms with van der Waals surface area (Å²) in [7, 11) is 0. The van der Waals surface area contributed by atoms with Crippen molar-refractivity contribution < 1.29 is 4.74 Å². The highest BCUT2D eigenvalue weighted by molar-refractivity contribution is 8.00. The summed E-state index contributed by atoms with van der Waals surface area (Å²) in [4.78, 5) is 1.18. The molecule has 0 bridgehead atoms. The Morgan fingerprint density at radius 3 is 2.78 bits per heavy atom. The second-order valence-electron chi connectivity index (χ2n) is 4.88. The van der Waals surface area contributed by atoms with E-state index in [2.05, 4.69) is 12.1 Å². The fourth-order valence-electron chi connectivity index (χ4n) is 2.11. The molecule has 1 unspecified atom stereocenters. The molecule has 0 aliphatic carbocycles. The van der Waals surface area contributed by atoms with E-state index >= 15 is 0 Å². The van der Waals surface area contributed by atoms with Crippen LogP contribution in [0.5, 0.6) is 0 Å². The number of halogens is 1. The van der Waals surface area contributed by atoms with Gasteiger partial charge in [0.15, 0.2) is 0 Å². The monoisotopic (exact) mass is 285 g/mol. The van der Waals surface area contributed by atoms with Crippen molar-refractivity contribution in [2.45, 2.75) is 42.4 Å². The normalized spacial score (nSPS) is 18.8. The average Bonchev–Trinajstić information content (AvgIpc) is 2.33. The first-order valence-electron chi connectivity index (χ1n) is 6.43. The number of thioether (sulfide) groups is 1. The standard InChI is InChI=1S/C14H20ClNOS/c1-10(16)8-11-2-3-14(13(15)9-11)18-12-4-6-17-7-5-12/h2-3,9-10,12H,4-8,16H2,1H3. The first-order chi connectivity index (χ1) is 8.65. The summed E-state index contributed by atoms with van der Waals surface area (Å²) in [5, 5.41) is 1.49. The number of nitrogens with two attached hydrogens (primary N) is 1. The van der Waals surface area contributed by atoms with Crippen molar-refractivity contribution >= 4 is 23.4 Å². The highest BCUT2D eigenvalue weighted by Gasteiger charge is 2.16. The second kappa shape index (κ2) is 6.80. The summed E-state index contributed by atoms with van der Waals surface area (Å²) >= 11 is 8.21. The van der Waals surface area contributed by atoms with Crippen molar-refractivity contribution in [2.75, 3.05) is 13.2 Å². The summed E-state index contributed by atoms with van der Waals surface area (Å²) < 4.78 is 5.37. The molecule has 4 heteroatoms. The lowest BCUT2D eigenvalue weighted by Crippen LogP contribution is -2.18. The van der Waals surface area contributed by atoms with Gasteiger partial charge in [-0.05, 0) is 43.9 Å². The Morgan fingerprint density at radius 2 is 2.17 bits per heavy atom. The Kier molecular flexibility index (Phi) is 5.37. The molecule has 1 heterocycles. The molecule has 1 aromatic carbocycles.